The number of hydrogen-bond acceptors (Lipinski definition) is 10. The molecule has 2 saturated heterocycles. The Balaban J connectivity index is 1.19. The number of benzene rings is 2. The molecule has 0 saturated carbocycles. The van der Waals surface area contributed by atoms with Crippen LogP contribution in [0.1, 0.15) is 30.9 Å². The number of methoxy groups -OCH3 is 1. The minimum Gasteiger partial charge on any atom is -0.494 e. The molecule has 2 fully saturated rings. The highest BCUT2D eigenvalue weighted by molar-refractivity contribution is 7.92. The first kappa shape index (κ1) is 31.0. The smallest absolute Gasteiger partial charge is 0.232 e. The highest BCUT2D eigenvalue weighted by atomic mass is 32.2. The Morgan fingerprint density at radius 2 is 1.76 bits per heavy atom. The summed E-state index contributed by atoms with van der Waals surface area (Å²) in [7, 11) is 0.442. The standard InChI is InChI=1S/C33H42N8O3S/c1-5-7-25-23-34-33(37-32(25)35-29-9-6-8-24-12-17-41(31(24)29)45(4,42)43)36-28-11-10-27(22-30(28)44-3)39-15-13-26(14-16-39)40-20-18-38(2)19-21-40/h6,8-11,22-23,26H,12-21H2,1-4H3,(H2,34,35,36,37). The summed E-state index contributed by atoms with van der Waals surface area (Å²) in [5, 5.41) is 6.67. The second-order valence-electron chi connectivity index (χ2n) is 11.9. The molecule has 1 aromatic heterocycles. The van der Waals surface area contributed by atoms with Gasteiger partial charge in [0.25, 0.3) is 0 Å². The minimum absolute atomic E-state index is 0.366. The van der Waals surface area contributed by atoms with Crippen LogP contribution in [0.2, 0.25) is 0 Å². The summed E-state index contributed by atoms with van der Waals surface area (Å²) in [5.41, 5.74) is 4.75. The van der Waals surface area contributed by atoms with Crippen LogP contribution >= 0.6 is 0 Å². The van der Waals surface area contributed by atoms with Crippen molar-refractivity contribution in [2.24, 2.45) is 0 Å². The molecule has 0 amide bonds. The predicted octanol–water partition coefficient (Wildman–Crippen LogP) is 3.88. The minimum atomic E-state index is -3.43. The fraction of sp³-hybridized carbons (Fsp3) is 0.455. The summed E-state index contributed by atoms with van der Waals surface area (Å²) >= 11 is 0. The third-order valence-corrected chi connectivity index (χ3v) is 10.1. The van der Waals surface area contributed by atoms with E-state index in [4.69, 9.17) is 9.72 Å². The van der Waals surface area contributed by atoms with Gasteiger partial charge in [0, 0.05) is 63.6 Å². The lowest BCUT2D eigenvalue weighted by Gasteiger charge is -2.42. The van der Waals surface area contributed by atoms with Gasteiger partial charge in [0.2, 0.25) is 16.0 Å². The van der Waals surface area contributed by atoms with Gasteiger partial charge in [0.1, 0.15) is 5.75 Å². The molecule has 12 heteroatoms. The van der Waals surface area contributed by atoms with E-state index in [1.165, 1.54) is 10.6 Å². The predicted molar refractivity (Wildman–Crippen MR) is 181 cm³/mol. The van der Waals surface area contributed by atoms with Gasteiger partial charge in [-0.15, -0.1) is 5.92 Å². The zero-order valence-electron chi connectivity index (χ0n) is 26.5. The molecule has 4 heterocycles. The fourth-order valence-corrected chi connectivity index (χ4v) is 7.49. The van der Waals surface area contributed by atoms with Crippen LogP contribution in [0.5, 0.6) is 5.75 Å². The van der Waals surface area contributed by atoms with Gasteiger partial charge in [-0.3, -0.25) is 9.21 Å². The summed E-state index contributed by atoms with van der Waals surface area (Å²) < 4.78 is 32.3. The molecular formula is C33H42N8O3S. The van der Waals surface area contributed by atoms with E-state index < -0.39 is 10.0 Å². The van der Waals surface area contributed by atoms with E-state index in [2.05, 4.69) is 61.3 Å². The molecule has 0 unspecified atom stereocenters. The van der Waals surface area contributed by atoms with Crippen molar-refractivity contribution >= 4 is 44.5 Å². The summed E-state index contributed by atoms with van der Waals surface area (Å²) in [6.07, 6.45) is 5.87. The Kier molecular flexibility index (Phi) is 9.03. The van der Waals surface area contributed by atoms with E-state index in [0.29, 0.717) is 53.5 Å². The van der Waals surface area contributed by atoms with E-state index in [9.17, 15) is 8.42 Å². The number of rotatable bonds is 8. The third-order valence-electron chi connectivity index (χ3n) is 8.97. The van der Waals surface area contributed by atoms with Gasteiger partial charge >= 0.3 is 0 Å². The van der Waals surface area contributed by atoms with Gasteiger partial charge in [-0.05, 0) is 57.0 Å². The second-order valence-corrected chi connectivity index (χ2v) is 13.8. The van der Waals surface area contributed by atoms with E-state index in [0.717, 1.165) is 69.0 Å². The van der Waals surface area contributed by atoms with Crippen LogP contribution < -0.4 is 24.6 Å². The number of likely N-dealkylation sites (N-methyl/N-ethyl adjacent to an activating group) is 1. The maximum atomic E-state index is 12.5. The van der Waals surface area contributed by atoms with Crippen molar-refractivity contribution in [3.63, 3.8) is 0 Å². The molecule has 3 aliphatic rings. The van der Waals surface area contributed by atoms with Gasteiger partial charge in [-0.2, -0.15) is 4.98 Å². The van der Waals surface area contributed by atoms with Crippen molar-refractivity contribution in [3.05, 3.63) is 53.7 Å². The van der Waals surface area contributed by atoms with Crippen LogP contribution in [0, 0.1) is 11.8 Å². The van der Waals surface area contributed by atoms with Crippen molar-refractivity contribution < 1.29 is 13.2 Å². The molecule has 2 aromatic carbocycles. The monoisotopic (exact) mass is 630 g/mol. The Labute approximate surface area is 266 Å². The number of ether oxygens (including phenoxy) is 1. The molecule has 0 spiro atoms. The summed E-state index contributed by atoms with van der Waals surface area (Å²) in [5.74, 6) is 7.52. The number of piperidine rings is 1. The number of para-hydroxylation sites is 1. The molecule has 3 aliphatic heterocycles. The van der Waals surface area contributed by atoms with Crippen LogP contribution in [-0.4, -0.2) is 100 Å². The van der Waals surface area contributed by atoms with Crippen molar-refractivity contribution in [2.45, 2.75) is 32.2 Å². The van der Waals surface area contributed by atoms with E-state index in [1.807, 2.05) is 24.3 Å². The molecule has 2 N–H and O–H groups in total. The van der Waals surface area contributed by atoms with Crippen molar-refractivity contribution in [1.82, 2.24) is 19.8 Å². The number of aromatic nitrogens is 2. The van der Waals surface area contributed by atoms with Crippen molar-refractivity contribution in [3.8, 4) is 17.6 Å². The number of anilines is 6. The van der Waals surface area contributed by atoms with Crippen molar-refractivity contribution in [2.75, 3.05) is 86.1 Å². The number of sulfonamides is 1. The highest BCUT2D eigenvalue weighted by Crippen LogP contribution is 2.39. The lowest BCUT2D eigenvalue weighted by molar-refractivity contribution is 0.0982. The topological polar surface area (TPSA) is 106 Å². The van der Waals surface area contributed by atoms with Gasteiger partial charge in [0.05, 0.1) is 42.2 Å². The molecular weight excluding hydrogens is 588 g/mol. The Morgan fingerprint density at radius 1 is 0.978 bits per heavy atom. The molecule has 0 radical (unpaired) electrons. The molecule has 11 nitrogen and oxygen atoms in total. The number of piperazine rings is 1. The average Bonchev–Trinajstić information content (AvgIpc) is 3.49. The highest BCUT2D eigenvalue weighted by Gasteiger charge is 2.30. The first-order chi connectivity index (χ1) is 21.7. The number of hydrogen-bond donors (Lipinski definition) is 2. The van der Waals surface area contributed by atoms with Gasteiger partial charge in [-0.1, -0.05) is 18.1 Å². The molecule has 6 rings (SSSR count). The average molecular weight is 631 g/mol. The van der Waals surface area contributed by atoms with Crippen molar-refractivity contribution in [1.29, 1.82) is 0 Å². The fourth-order valence-electron chi connectivity index (χ4n) is 6.52. The zero-order chi connectivity index (χ0) is 31.6. The molecule has 0 atom stereocenters. The number of nitrogens with one attached hydrogen (secondary N) is 2. The van der Waals surface area contributed by atoms with E-state index in [-0.39, 0.29) is 0 Å². The summed E-state index contributed by atoms with van der Waals surface area (Å²) in [6.45, 7) is 8.82. The summed E-state index contributed by atoms with van der Waals surface area (Å²) in [6, 6.07) is 12.6. The molecule has 0 bridgehead atoms. The number of fused-ring (bicyclic) bond motifs is 1. The number of nitrogens with zero attached hydrogens (tertiary/aromatic N) is 6. The quantitative estimate of drug-likeness (QED) is 0.356. The zero-order valence-corrected chi connectivity index (χ0v) is 27.3. The third kappa shape index (κ3) is 6.81. The van der Waals surface area contributed by atoms with Gasteiger partial charge < -0.3 is 25.2 Å². The molecule has 0 aliphatic carbocycles. The van der Waals surface area contributed by atoms with Crippen LogP contribution in [-0.2, 0) is 16.4 Å². The largest absolute Gasteiger partial charge is 0.494 e. The van der Waals surface area contributed by atoms with Gasteiger partial charge in [-0.25, -0.2) is 13.4 Å². The lowest BCUT2D eigenvalue weighted by Crippen LogP contribution is -2.52. The van der Waals surface area contributed by atoms with Crippen LogP contribution in [0.4, 0.5) is 34.5 Å². The Morgan fingerprint density at radius 3 is 2.47 bits per heavy atom. The van der Waals surface area contributed by atoms with E-state index in [1.54, 1.807) is 20.2 Å². The Bertz CT molecular complexity index is 1700. The van der Waals surface area contributed by atoms with Crippen LogP contribution in [0.3, 0.4) is 0 Å². The first-order valence-electron chi connectivity index (χ1n) is 15.5. The molecule has 3 aromatic rings. The maximum Gasteiger partial charge on any atom is 0.232 e. The maximum absolute atomic E-state index is 12.5. The normalized spacial score (nSPS) is 17.9. The SMILES string of the molecule is CC#Cc1cnc(Nc2ccc(N3CCC(N4CCN(C)CC4)CC3)cc2OC)nc1Nc1cccc2c1N(S(C)(=O)=O)CC2. The van der Waals surface area contributed by atoms with Crippen LogP contribution in [0.15, 0.2) is 42.6 Å². The molecule has 45 heavy (non-hydrogen) atoms. The molecule has 238 valence electrons. The lowest BCUT2D eigenvalue weighted by atomic mass is 10.0. The first-order valence-corrected chi connectivity index (χ1v) is 17.4. The van der Waals surface area contributed by atoms with Crippen LogP contribution in [0.25, 0.3) is 0 Å². The summed E-state index contributed by atoms with van der Waals surface area (Å²) in [4.78, 5) is 16.8. The Hall–Kier alpha value is -4.05. The van der Waals surface area contributed by atoms with Gasteiger partial charge in [0.15, 0.2) is 5.82 Å². The van der Waals surface area contributed by atoms with E-state index >= 15 is 0 Å². The second kappa shape index (κ2) is 13.1.